The number of aromatic nitrogens is 3. The van der Waals surface area contributed by atoms with Crippen molar-refractivity contribution in [1.82, 2.24) is 14.5 Å². The summed E-state index contributed by atoms with van der Waals surface area (Å²) in [5.74, 6) is 0.440. The topological polar surface area (TPSA) is 52.0 Å². The van der Waals surface area contributed by atoms with Gasteiger partial charge < -0.3 is 14.6 Å². The van der Waals surface area contributed by atoms with E-state index in [9.17, 15) is 4.39 Å². The van der Waals surface area contributed by atoms with Gasteiger partial charge in [-0.15, -0.1) is 0 Å². The van der Waals surface area contributed by atoms with Crippen LogP contribution >= 0.6 is 0 Å². The number of pyridine rings is 2. The molecule has 0 spiro atoms. The van der Waals surface area contributed by atoms with Gasteiger partial charge >= 0.3 is 0 Å². The third-order valence-corrected chi connectivity index (χ3v) is 4.07. The van der Waals surface area contributed by atoms with Gasteiger partial charge in [0.1, 0.15) is 11.5 Å². The van der Waals surface area contributed by atoms with E-state index in [1.807, 2.05) is 36.0 Å². The van der Waals surface area contributed by atoms with Gasteiger partial charge in [-0.2, -0.15) is 0 Å². The number of halogens is 1. The first-order valence-electron chi connectivity index (χ1n) is 7.47. The van der Waals surface area contributed by atoms with Crippen molar-refractivity contribution in [2.24, 2.45) is 7.05 Å². The molecular weight excluding hydrogens is 307 g/mol. The number of hydrogen-bond acceptors (Lipinski definition) is 4. The van der Waals surface area contributed by atoms with Crippen LogP contribution in [0.1, 0.15) is 0 Å². The molecular formula is C18H15FN4O. The van der Waals surface area contributed by atoms with E-state index in [1.165, 1.54) is 13.2 Å². The normalized spacial score (nSPS) is 11.1. The van der Waals surface area contributed by atoms with Crippen LogP contribution in [0.3, 0.4) is 0 Å². The lowest BCUT2D eigenvalue weighted by atomic mass is 10.2. The van der Waals surface area contributed by atoms with Crippen LogP contribution in [-0.4, -0.2) is 21.6 Å². The highest BCUT2D eigenvalue weighted by atomic mass is 19.1. The minimum atomic E-state index is -0.417. The highest BCUT2D eigenvalue weighted by molar-refractivity contribution is 6.06. The largest absolute Gasteiger partial charge is 0.494 e. The van der Waals surface area contributed by atoms with Crippen molar-refractivity contribution in [2.45, 2.75) is 0 Å². The van der Waals surface area contributed by atoms with E-state index >= 15 is 0 Å². The molecule has 6 heteroatoms. The molecule has 0 radical (unpaired) electrons. The Hall–Kier alpha value is -3.15. The van der Waals surface area contributed by atoms with E-state index in [0.717, 1.165) is 21.9 Å². The standard InChI is InChI=1S/C18H15FN4O/c1-23-15-7-8-20-10-13(15)12-4-6-17(22-18(12)23)21-11-3-5-16(24-2)14(19)9-11/h3-10H,1-2H3,(H,21,22). The van der Waals surface area contributed by atoms with Crippen LogP contribution in [0.15, 0.2) is 48.8 Å². The quantitative estimate of drug-likeness (QED) is 0.619. The van der Waals surface area contributed by atoms with Gasteiger partial charge in [-0.25, -0.2) is 9.37 Å². The molecule has 0 fully saturated rings. The second-order valence-corrected chi connectivity index (χ2v) is 5.49. The maximum absolute atomic E-state index is 13.8. The van der Waals surface area contributed by atoms with E-state index in [4.69, 9.17) is 4.74 Å². The summed E-state index contributed by atoms with van der Waals surface area (Å²) in [6.45, 7) is 0. The minimum Gasteiger partial charge on any atom is -0.494 e. The van der Waals surface area contributed by atoms with Crippen molar-refractivity contribution in [1.29, 1.82) is 0 Å². The number of hydrogen-bond donors (Lipinski definition) is 1. The average Bonchev–Trinajstić information content (AvgIpc) is 2.88. The third-order valence-electron chi connectivity index (χ3n) is 4.07. The summed E-state index contributed by atoms with van der Waals surface area (Å²) >= 11 is 0. The Morgan fingerprint density at radius 2 is 2.00 bits per heavy atom. The highest BCUT2D eigenvalue weighted by Crippen LogP contribution is 2.28. The Bertz CT molecular complexity index is 1060. The second-order valence-electron chi connectivity index (χ2n) is 5.49. The number of anilines is 2. The summed E-state index contributed by atoms with van der Waals surface area (Å²) in [7, 11) is 3.41. The fourth-order valence-electron chi connectivity index (χ4n) is 2.88. The van der Waals surface area contributed by atoms with Crippen molar-refractivity contribution in [3.8, 4) is 5.75 Å². The van der Waals surface area contributed by atoms with Crippen molar-refractivity contribution in [3.63, 3.8) is 0 Å². The van der Waals surface area contributed by atoms with Crippen LogP contribution in [0, 0.1) is 5.82 Å². The van der Waals surface area contributed by atoms with Crippen LogP contribution < -0.4 is 10.1 Å². The fraction of sp³-hybridized carbons (Fsp3) is 0.111. The third kappa shape index (κ3) is 2.23. The zero-order valence-electron chi connectivity index (χ0n) is 13.2. The van der Waals surface area contributed by atoms with Crippen molar-refractivity contribution in [3.05, 3.63) is 54.6 Å². The molecule has 4 rings (SSSR count). The van der Waals surface area contributed by atoms with Gasteiger partial charge in [-0.05, 0) is 30.3 Å². The molecule has 0 aliphatic carbocycles. The van der Waals surface area contributed by atoms with Crippen LogP contribution in [0.4, 0.5) is 15.9 Å². The van der Waals surface area contributed by atoms with Gasteiger partial charge in [0.05, 0.1) is 12.6 Å². The molecule has 0 aliphatic heterocycles. The number of fused-ring (bicyclic) bond motifs is 3. The Kier molecular flexibility index (Phi) is 3.30. The van der Waals surface area contributed by atoms with E-state index in [0.29, 0.717) is 11.5 Å². The molecule has 120 valence electrons. The Balaban J connectivity index is 1.76. The molecule has 0 bridgehead atoms. The smallest absolute Gasteiger partial charge is 0.167 e. The number of rotatable bonds is 3. The van der Waals surface area contributed by atoms with Gasteiger partial charge in [0, 0.05) is 42.0 Å². The van der Waals surface area contributed by atoms with Crippen molar-refractivity contribution >= 4 is 33.4 Å². The molecule has 4 aromatic rings. The molecule has 5 nitrogen and oxygen atoms in total. The lowest BCUT2D eigenvalue weighted by molar-refractivity contribution is 0.386. The zero-order chi connectivity index (χ0) is 16.7. The number of benzene rings is 1. The van der Waals surface area contributed by atoms with E-state index in [1.54, 1.807) is 18.3 Å². The predicted octanol–water partition coefficient (Wildman–Crippen LogP) is 4.01. The van der Waals surface area contributed by atoms with E-state index in [-0.39, 0.29) is 5.75 Å². The molecule has 1 N–H and O–H groups in total. The molecule has 3 aromatic heterocycles. The zero-order valence-corrected chi connectivity index (χ0v) is 13.2. The summed E-state index contributed by atoms with van der Waals surface area (Å²) in [6.07, 6.45) is 3.60. The average molecular weight is 322 g/mol. The number of ether oxygens (including phenoxy) is 1. The van der Waals surface area contributed by atoms with Crippen LogP contribution in [0.2, 0.25) is 0 Å². The molecule has 0 amide bonds. The number of nitrogens with one attached hydrogen (secondary N) is 1. The summed E-state index contributed by atoms with van der Waals surface area (Å²) in [6, 6.07) is 10.5. The van der Waals surface area contributed by atoms with Gasteiger partial charge in [-0.3, -0.25) is 4.98 Å². The number of aryl methyl sites for hydroxylation is 1. The molecule has 0 aliphatic rings. The summed E-state index contributed by atoms with van der Waals surface area (Å²) in [4.78, 5) is 8.83. The first-order valence-corrected chi connectivity index (χ1v) is 7.47. The first kappa shape index (κ1) is 14.4. The Morgan fingerprint density at radius 3 is 2.79 bits per heavy atom. The Morgan fingerprint density at radius 1 is 1.12 bits per heavy atom. The lowest BCUT2D eigenvalue weighted by Gasteiger charge is -2.08. The number of methoxy groups -OCH3 is 1. The monoisotopic (exact) mass is 322 g/mol. The summed E-state index contributed by atoms with van der Waals surface area (Å²) < 4.78 is 20.8. The molecule has 1 aromatic carbocycles. The van der Waals surface area contributed by atoms with Gasteiger partial charge in [0.25, 0.3) is 0 Å². The van der Waals surface area contributed by atoms with Crippen LogP contribution in [0.25, 0.3) is 21.9 Å². The first-order chi connectivity index (χ1) is 11.7. The number of nitrogens with zero attached hydrogens (tertiary/aromatic N) is 3. The maximum atomic E-state index is 13.8. The molecule has 0 unspecified atom stereocenters. The lowest BCUT2D eigenvalue weighted by Crippen LogP contribution is -1.97. The van der Waals surface area contributed by atoms with Crippen molar-refractivity contribution < 1.29 is 9.13 Å². The fourth-order valence-corrected chi connectivity index (χ4v) is 2.88. The Labute approximate surface area is 137 Å². The van der Waals surface area contributed by atoms with E-state index in [2.05, 4.69) is 15.3 Å². The molecule has 0 saturated carbocycles. The second kappa shape index (κ2) is 5.49. The minimum absolute atomic E-state index is 0.213. The van der Waals surface area contributed by atoms with Crippen LogP contribution in [0.5, 0.6) is 5.75 Å². The summed E-state index contributed by atoms with van der Waals surface area (Å²) in [5, 5.41) is 5.22. The van der Waals surface area contributed by atoms with Crippen LogP contribution in [-0.2, 0) is 7.05 Å². The molecule has 0 atom stereocenters. The molecule has 24 heavy (non-hydrogen) atoms. The molecule has 3 heterocycles. The maximum Gasteiger partial charge on any atom is 0.167 e. The highest BCUT2D eigenvalue weighted by Gasteiger charge is 2.10. The summed E-state index contributed by atoms with van der Waals surface area (Å²) in [5.41, 5.74) is 2.53. The van der Waals surface area contributed by atoms with Crippen molar-refractivity contribution in [2.75, 3.05) is 12.4 Å². The van der Waals surface area contributed by atoms with Gasteiger partial charge in [0.15, 0.2) is 11.6 Å². The predicted molar refractivity (Wildman–Crippen MR) is 92.2 cm³/mol. The SMILES string of the molecule is COc1ccc(Nc2ccc3c4cnccc4n(C)c3n2)cc1F. The van der Waals surface area contributed by atoms with Gasteiger partial charge in [0.2, 0.25) is 0 Å². The molecule has 0 saturated heterocycles. The van der Waals surface area contributed by atoms with Gasteiger partial charge in [-0.1, -0.05) is 0 Å². The van der Waals surface area contributed by atoms with E-state index < -0.39 is 5.82 Å².